The van der Waals surface area contributed by atoms with E-state index in [4.69, 9.17) is 0 Å². The monoisotopic (exact) mass is 232 g/mol. The van der Waals surface area contributed by atoms with Crippen molar-refractivity contribution < 1.29 is 0 Å². The fourth-order valence-corrected chi connectivity index (χ4v) is 1.92. The third-order valence-corrected chi connectivity index (χ3v) is 3.57. The number of thiol groups is 1. The van der Waals surface area contributed by atoms with Crippen molar-refractivity contribution in [2.75, 3.05) is 39.5 Å². The van der Waals surface area contributed by atoms with Gasteiger partial charge in [0.2, 0.25) is 0 Å². The predicted octanol–water partition coefficient (Wildman–Crippen LogP) is 2.21. The summed E-state index contributed by atoms with van der Waals surface area (Å²) in [5.41, 5.74) is 0.305. The largest absolute Gasteiger partial charge is 0.308 e. The van der Waals surface area contributed by atoms with E-state index in [2.05, 4.69) is 64.2 Å². The van der Waals surface area contributed by atoms with Gasteiger partial charge in [-0.1, -0.05) is 20.8 Å². The first-order valence-corrected chi connectivity index (χ1v) is 6.45. The molecule has 0 aliphatic rings. The summed E-state index contributed by atoms with van der Waals surface area (Å²) in [4.78, 5) is 4.79. The summed E-state index contributed by atoms with van der Waals surface area (Å²) in [6.07, 6.45) is 0. The zero-order valence-corrected chi connectivity index (χ0v) is 12.1. The lowest BCUT2D eigenvalue weighted by molar-refractivity contribution is 0.135. The summed E-state index contributed by atoms with van der Waals surface area (Å²) in [5, 5.41) is 0. The van der Waals surface area contributed by atoms with E-state index in [0.717, 1.165) is 25.4 Å². The Balaban J connectivity index is 4.23. The predicted molar refractivity (Wildman–Crippen MR) is 72.9 cm³/mol. The Morgan fingerprint density at radius 2 is 1.80 bits per heavy atom. The highest BCUT2D eigenvalue weighted by Gasteiger charge is 2.22. The van der Waals surface area contributed by atoms with Gasteiger partial charge < -0.3 is 4.90 Å². The highest BCUT2D eigenvalue weighted by Crippen LogP contribution is 2.19. The normalized spacial score (nSPS) is 15.0. The molecule has 0 fully saturated rings. The highest BCUT2D eigenvalue weighted by atomic mass is 32.1. The molecule has 0 aromatic carbocycles. The van der Waals surface area contributed by atoms with E-state index < -0.39 is 0 Å². The summed E-state index contributed by atoms with van der Waals surface area (Å²) < 4.78 is 0. The summed E-state index contributed by atoms with van der Waals surface area (Å²) in [7, 11) is 4.27. The molecule has 15 heavy (non-hydrogen) atoms. The Bertz CT molecular complexity index is 169. The number of hydrogen-bond acceptors (Lipinski definition) is 3. The molecule has 1 unspecified atom stereocenters. The first kappa shape index (κ1) is 15.3. The maximum absolute atomic E-state index is 4.42. The minimum Gasteiger partial charge on any atom is -0.308 e. The molecule has 0 aliphatic carbocycles. The molecule has 3 heteroatoms. The van der Waals surface area contributed by atoms with E-state index in [1.807, 2.05) is 0 Å². The van der Waals surface area contributed by atoms with Gasteiger partial charge in [0.15, 0.2) is 0 Å². The molecule has 0 rings (SSSR count). The summed E-state index contributed by atoms with van der Waals surface area (Å²) in [6.45, 7) is 12.5. The average molecular weight is 232 g/mol. The van der Waals surface area contributed by atoms with E-state index in [0.29, 0.717) is 11.5 Å². The van der Waals surface area contributed by atoms with Crippen LogP contribution >= 0.6 is 12.6 Å². The molecule has 0 N–H and O–H groups in total. The molecule has 0 radical (unpaired) electrons. The van der Waals surface area contributed by atoms with Crippen LogP contribution in [0, 0.1) is 5.41 Å². The lowest BCUT2D eigenvalue weighted by Gasteiger charge is -2.36. The van der Waals surface area contributed by atoms with Crippen molar-refractivity contribution in [3.05, 3.63) is 0 Å². The van der Waals surface area contributed by atoms with E-state index >= 15 is 0 Å². The molecule has 2 nitrogen and oxygen atoms in total. The molecule has 0 saturated carbocycles. The van der Waals surface area contributed by atoms with Crippen LogP contribution in [-0.4, -0.2) is 55.3 Å². The molecule has 0 amide bonds. The Labute approximate surface area is 101 Å². The van der Waals surface area contributed by atoms with Crippen LogP contribution < -0.4 is 0 Å². The van der Waals surface area contributed by atoms with Crippen molar-refractivity contribution in [3.63, 3.8) is 0 Å². The van der Waals surface area contributed by atoms with Crippen molar-refractivity contribution in [2.24, 2.45) is 5.41 Å². The van der Waals surface area contributed by atoms with Crippen molar-refractivity contribution in [3.8, 4) is 0 Å². The van der Waals surface area contributed by atoms with Crippen LogP contribution in [0.3, 0.4) is 0 Å². The number of rotatable bonds is 7. The molecule has 0 aromatic rings. The van der Waals surface area contributed by atoms with E-state index in [1.54, 1.807) is 0 Å². The molecule has 0 aliphatic heterocycles. The minimum atomic E-state index is 0.305. The second-order valence-electron chi connectivity index (χ2n) is 5.50. The van der Waals surface area contributed by atoms with Gasteiger partial charge in [-0.2, -0.15) is 12.6 Å². The first-order chi connectivity index (χ1) is 6.82. The minimum absolute atomic E-state index is 0.305. The van der Waals surface area contributed by atoms with Crippen LogP contribution in [0.2, 0.25) is 0 Å². The highest BCUT2D eigenvalue weighted by molar-refractivity contribution is 7.80. The van der Waals surface area contributed by atoms with Crippen LogP contribution in [0.4, 0.5) is 0 Å². The van der Waals surface area contributed by atoms with Crippen LogP contribution in [0.5, 0.6) is 0 Å². The van der Waals surface area contributed by atoms with Crippen molar-refractivity contribution in [1.82, 2.24) is 9.80 Å². The zero-order chi connectivity index (χ0) is 12.1. The number of hydrogen-bond donors (Lipinski definition) is 1. The van der Waals surface area contributed by atoms with Crippen LogP contribution in [0.15, 0.2) is 0 Å². The lowest BCUT2D eigenvalue weighted by atomic mass is 9.95. The molecule has 0 spiro atoms. The fourth-order valence-electron chi connectivity index (χ4n) is 1.82. The van der Waals surface area contributed by atoms with Gasteiger partial charge in [0.1, 0.15) is 0 Å². The van der Waals surface area contributed by atoms with Crippen LogP contribution in [0.1, 0.15) is 27.7 Å². The third-order valence-electron chi connectivity index (χ3n) is 2.72. The van der Waals surface area contributed by atoms with Crippen LogP contribution in [0.25, 0.3) is 0 Å². The first-order valence-electron chi connectivity index (χ1n) is 5.82. The standard InChI is InChI=1S/C12H28N2S/c1-7-14(9-12(3,4)10-15)11(2)8-13(5)6/h11,15H,7-10H2,1-6H3. The smallest absolute Gasteiger partial charge is 0.0194 e. The quantitative estimate of drug-likeness (QED) is 0.673. The molecule has 0 aromatic heterocycles. The van der Waals surface area contributed by atoms with Gasteiger partial charge in [0, 0.05) is 19.1 Å². The summed E-state index contributed by atoms with van der Waals surface area (Å²) in [5.74, 6) is 0.943. The van der Waals surface area contributed by atoms with E-state index in [9.17, 15) is 0 Å². The van der Waals surface area contributed by atoms with Crippen LogP contribution in [-0.2, 0) is 0 Å². The van der Waals surface area contributed by atoms with E-state index in [-0.39, 0.29) is 0 Å². The number of nitrogens with zero attached hydrogens (tertiary/aromatic N) is 2. The fraction of sp³-hybridized carbons (Fsp3) is 1.00. The summed E-state index contributed by atoms with van der Waals surface area (Å²) >= 11 is 4.42. The third kappa shape index (κ3) is 6.44. The molecule has 0 bridgehead atoms. The second kappa shape index (κ2) is 6.77. The van der Waals surface area contributed by atoms with Gasteiger partial charge in [-0.05, 0) is 38.7 Å². The van der Waals surface area contributed by atoms with Gasteiger partial charge in [-0.15, -0.1) is 0 Å². The van der Waals surface area contributed by atoms with Crippen molar-refractivity contribution >= 4 is 12.6 Å². The molecular weight excluding hydrogens is 204 g/mol. The summed E-state index contributed by atoms with van der Waals surface area (Å²) in [6, 6.07) is 0.615. The maximum atomic E-state index is 4.42. The van der Waals surface area contributed by atoms with Gasteiger partial charge >= 0.3 is 0 Å². The van der Waals surface area contributed by atoms with Gasteiger partial charge in [-0.3, -0.25) is 4.90 Å². The average Bonchev–Trinajstić information content (AvgIpc) is 2.13. The van der Waals surface area contributed by atoms with Crippen molar-refractivity contribution in [2.45, 2.75) is 33.7 Å². The Morgan fingerprint density at radius 1 is 1.27 bits per heavy atom. The Hall–Kier alpha value is 0.270. The molecule has 0 saturated heterocycles. The SMILES string of the molecule is CCN(CC(C)(C)CS)C(C)CN(C)C. The topological polar surface area (TPSA) is 6.48 Å². The van der Waals surface area contributed by atoms with E-state index in [1.165, 1.54) is 0 Å². The lowest BCUT2D eigenvalue weighted by Crippen LogP contribution is -2.45. The Kier molecular flexibility index (Phi) is 6.89. The van der Waals surface area contributed by atoms with Gasteiger partial charge in [-0.25, -0.2) is 0 Å². The zero-order valence-electron chi connectivity index (χ0n) is 11.2. The second-order valence-corrected chi connectivity index (χ2v) is 5.81. The Morgan fingerprint density at radius 3 is 2.13 bits per heavy atom. The van der Waals surface area contributed by atoms with Gasteiger partial charge in [0.25, 0.3) is 0 Å². The van der Waals surface area contributed by atoms with Gasteiger partial charge in [0.05, 0.1) is 0 Å². The van der Waals surface area contributed by atoms with Crippen molar-refractivity contribution in [1.29, 1.82) is 0 Å². The molecule has 0 heterocycles. The maximum Gasteiger partial charge on any atom is 0.0194 e. The molecular formula is C12H28N2S. The molecule has 92 valence electrons. The number of likely N-dealkylation sites (N-methyl/N-ethyl adjacent to an activating group) is 2. The molecule has 1 atom stereocenters.